The first-order chi connectivity index (χ1) is 13.6. The van der Waals surface area contributed by atoms with Gasteiger partial charge in [-0.05, 0) is 30.2 Å². The number of likely N-dealkylation sites (N-methyl/N-ethyl adjacent to an activating group) is 1. The van der Waals surface area contributed by atoms with Crippen molar-refractivity contribution in [1.29, 1.82) is 0 Å². The second-order valence-electron chi connectivity index (χ2n) is 6.34. The third kappa shape index (κ3) is 5.01. The monoisotopic (exact) mass is 394 g/mol. The van der Waals surface area contributed by atoms with E-state index in [1.165, 1.54) is 16.2 Å². The van der Waals surface area contributed by atoms with Crippen LogP contribution in [0.5, 0.6) is 0 Å². The highest BCUT2D eigenvalue weighted by Gasteiger charge is 2.16. The van der Waals surface area contributed by atoms with E-state index < -0.39 is 0 Å². The molecule has 0 bridgehead atoms. The van der Waals surface area contributed by atoms with E-state index in [4.69, 9.17) is 0 Å². The van der Waals surface area contributed by atoms with Crippen molar-refractivity contribution in [1.82, 2.24) is 14.9 Å². The molecule has 0 aliphatic carbocycles. The average Bonchev–Trinajstić information content (AvgIpc) is 3.17. The van der Waals surface area contributed by atoms with E-state index >= 15 is 0 Å². The van der Waals surface area contributed by atoms with Gasteiger partial charge in [0.15, 0.2) is 0 Å². The molecular formula is C21H22N4O2S. The van der Waals surface area contributed by atoms with Crippen LogP contribution in [0.3, 0.4) is 0 Å². The zero-order valence-electron chi connectivity index (χ0n) is 15.9. The van der Waals surface area contributed by atoms with E-state index in [0.29, 0.717) is 5.69 Å². The Bertz CT molecular complexity index is 956. The molecule has 2 aromatic heterocycles. The fraction of sp³-hybridized carbons (Fsp3) is 0.238. The van der Waals surface area contributed by atoms with Crippen molar-refractivity contribution in [3.8, 4) is 10.7 Å². The molecule has 0 saturated heterocycles. The number of nitrogens with one attached hydrogen (secondary N) is 1. The van der Waals surface area contributed by atoms with Crippen LogP contribution in [-0.4, -0.2) is 40.3 Å². The zero-order valence-corrected chi connectivity index (χ0v) is 16.7. The molecule has 2 amide bonds. The van der Waals surface area contributed by atoms with E-state index in [9.17, 15) is 9.59 Å². The Hall–Kier alpha value is -3.06. The second-order valence-corrected chi connectivity index (χ2v) is 7.20. The summed E-state index contributed by atoms with van der Waals surface area (Å²) in [5, 5.41) is 5.51. The van der Waals surface area contributed by atoms with Gasteiger partial charge in [0.25, 0.3) is 0 Å². The van der Waals surface area contributed by atoms with Crippen LogP contribution < -0.4 is 5.32 Å². The van der Waals surface area contributed by atoms with Crippen LogP contribution in [0.4, 0.5) is 5.69 Å². The maximum Gasteiger partial charge on any atom is 0.243 e. The number of amides is 2. The van der Waals surface area contributed by atoms with Crippen molar-refractivity contribution < 1.29 is 9.59 Å². The number of para-hydroxylation sites is 1. The number of nitrogens with zero attached hydrogens (tertiary/aromatic N) is 3. The Morgan fingerprint density at radius 3 is 2.68 bits per heavy atom. The van der Waals surface area contributed by atoms with Gasteiger partial charge in [0.05, 0.1) is 24.4 Å². The molecule has 0 unspecified atom stereocenters. The lowest BCUT2D eigenvalue weighted by molar-refractivity contribution is -0.132. The van der Waals surface area contributed by atoms with E-state index in [1.807, 2.05) is 54.8 Å². The van der Waals surface area contributed by atoms with Crippen molar-refractivity contribution in [2.45, 2.75) is 19.8 Å². The van der Waals surface area contributed by atoms with Crippen LogP contribution in [-0.2, 0) is 22.4 Å². The first-order valence-corrected chi connectivity index (χ1v) is 9.92. The van der Waals surface area contributed by atoms with Crippen LogP contribution in [0.2, 0.25) is 0 Å². The van der Waals surface area contributed by atoms with E-state index in [0.717, 1.165) is 28.4 Å². The number of benzene rings is 1. The Morgan fingerprint density at radius 2 is 1.93 bits per heavy atom. The number of aromatic nitrogens is 2. The van der Waals surface area contributed by atoms with Crippen LogP contribution in [0, 0.1) is 0 Å². The summed E-state index contributed by atoms with van der Waals surface area (Å²) in [7, 11) is 1.62. The lowest BCUT2D eigenvalue weighted by Crippen LogP contribution is -2.36. The number of pyridine rings is 1. The van der Waals surface area contributed by atoms with E-state index in [-0.39, 0.29) is 24.8 Å². The van der Waals surface area contributed by atoms with Gasteiger partial charge in [-0.15, -0.1) is 11.3 Å². The molecule has 1 aromatic carbocycles. The summed E-state index contributed by atoms with van der Waals surface area (Å²) in [5.74, 6) is -0.374. The molecule has 0 spiro atoms. The third-order valence-electron chi connectivity index (χ3n) is 4.25. The quantitative estimate of drug-likeness (QED) is 0.666. The summed E-state index contributed by atoms with van der Waals surface area (Å²) in [6.45, 7) is 2.03. The fourth-order valence-electron chi connectivity index (χ4n) is 2.73. The number of rotatable bonds is 7. The van der Waals surface area contributed by atoms with Gasteiger partial charge in [-0.25, -0.2) is 4.98 Å². The topological polar surface area (TPSA) is 75.2 Å². The maximum absolute atomic E-state index is 12.5. The summed E-state index contributed by atoms with van der Waals surface area (Å²) >= 11 is 1.45. The van der Waals surface area contributed by atoms with Crippen molar-refractivity contribution in [2.24, 2.45) is 0 Å². The molecule has 7 heteroatoms. The Kier molecular flexibility index (Phi) is 6.49. The minimum atomic E-state index is -0.218. The maximum atomic E-state index is 12.5. The van der Waals surface area contributed by atoms with Gasteiger partial charge in [0, 0.05) is 24.3 Å². The largest absolute Gasteiger partial charge is 0.336 e. The highest BCUT2D eigenvalue weighted by Crippen LogP contribution is 2.21. The summed E-state index contributed by atoms with van der Waals surface area (Å²) in [5.41, 5.74) is 3.32. The summed E-state index contributed by atoms with van der Waals surface area (Å²) < 4.78 is 0. The van der Waals surface area contributed by atoms with Gasteiger partial charge in [-0.3, -0.25) is 14.6 Å². The number of aryl methyl sites for hydroxylation is 1. The smallest absolute Gasteiger partial charge is 0.243 e. The number of thiazole rings is 1. The van der Waals surface area contributed by atoms with Gasteiger partial charge in [0.1, 0.15) is 5.01 Å². The van der Waals surface area contributed by atoms with Gasteiger partial charge >= 0.3 is 0 Å². The van der Waals surface area contributed by atoms with E-state index in [2.05, 4.69) is 15.3 Å². The Morgan fingerprint density at radius 1 is 1.14 bits per heavy atom. The molecule has 0 saturated carbocycles. The first-order valence-electron chi connectivity index (χ1n) is 9.04. The molecule has 3 aromatic rings. The molecule has 6 nitrogen and oxygen atoms in total. The first kappa shape index (κ1) is 19.7. The minimum absolute atomic E-state index is 0.00584. The highest BCUT2D eigenvalue weighted by atomic mass is 32.1. The molecule has 0 aliphatic heterocycles. The number of carbonyl (C=O) groups is 2. The van der Waals surface area contributed by atoms with Gasteiger partial charge in [0.2, 0.25) is 11.8 Å². The van der Waals surface area contributed by atoms with Crippen molar-refractivity contribution in [2.75, 3.05) is 18.9 Å². The molecule has 0 atom stereocenters. The lowest BCUT2D eigenvalue weighted by atomic mass is 10.1. The van der Waals surface area contributed by atoms with Crippen LogP contribution >= 0.6 is 11.3 Å². The summed E-state index contributed by atoms with van der Waals surface area (Å²) in [6, 6.07) is 13.3. The van der Waals surface area contributed by atoms with Gasteiger partial charge in [-0.1, -0.05) is 31.2 Å². The molecule has 3 rings (SSSR count). The van der Waals surface area contributed by atoms with Crippen molar-refractivity contribution >= 4 is 28.8 Å². The highest BCUT2D eigenvalue weighted by molar-refractivity contribution is 7.13. The molecule has 0 fully saturated rings. The van der Waals surface area contributed by atoms with Crippen LogP contribution in [0.15, 0.2) is 54.0 Å². The third-order valence-corrected chi connectivity index (χ3v) is 5.16. The van der Waals surface area contributed by atoms with Crippen LogP contribution in [0.1, 0.15) is 18.2 Å². The zero-order chi connectivity index (χ0) is 19.9. The van der Waals surface area contributed by atoms with Crippen molar-refractivity contribution in [3.63, 3.8) is 0 Å². The Labute approximate surface area is 168 Å². The minimum Gasteiger partial charge on any atom is -0.336 e. The standard InChI is InChI=1S/C21H22N4O2S/c1-3-15-8-4-5-9-17(15)24-19(26)13-25(2)20(27)12-16-14-28-21(23-16)18-10-6-7-11-22-18/h4-11,14H,3,12-13H2,1-2H3,(H,24,26). The number of carbonyl (C=O) groups excluding carboxylic acids is 2. The summed E-state index contributed by atoms with van der Waals surface area (Å²) in [4.78, 5) is 34.9. The molecule has 144 valence electrons. The molecule has 28 heavy (non-hydrogen) atoms. The van der Waals surface area contributed by atoms with Gasteiger partial charge < -0.3 is 10.2 Å². The fourth-order valence-corrected chi connectivity index (χ4v) is 3.52. The number of hydrogen-bond donors (Lipinski definition) is 1. The lowest BCUT2D eigenvalue weighted by Gasteiger charge is -2.17. The molecule has 0 radical (unpaired) electrons. The van der Waals surface area contributed by atoms with E-state index in [1.54, 1.807) is 13.2 Å². The van der Waals surface area contributed by atoms with Crippen molar-refractivity contribution in [3.05, 3.63) is 65.3 Å². The average molecular weight is 394 g/mol. The predicted octanol–water partition coefficient (Wildman–Crippen LogP) is 3.41. The SMILES string of the molecule is CCc1ccccc1NC(=O)CN(C)C(=O)Cc1csc(-c2ccccn2)n1. The van der Waals surface area contributed by atoms with Gasteiger partial charge in [-0.2, -0.15) is 0 Å². The predicted molar refractivity (Wildman–Crippen MR) is 111 cm³/mol. The number of hydrogen-bond acceptors (Lipinski definition) is 5. The molecule has 2 heterocycles. The number of anilines is 1. The van der Waals surface area contributed by atoms with Crippen LogP contribution in [0.25, 0.3) is 10.7 Å². The molecule has 1 N–H and O–H groups in total. The molecule has 0 aliphatic rings. The molecular weight excluding hydrogens is 372 g/mol. The summed E-state index contributed by atoms with van der Waals surface area (Å²) in [6.07, 6.45) is 2.69. The normalized spacial score (nSPS) is 10.5. The Balaban J connectivity index is 1.56. The second kappa shape index (κ2) is 9.23.